The van der Waals surface area contributed by atoms with E-state index >= 15 is 0 Å². The van der Waals surface area contributed by atoms with E-state index in [0.717, 1.165) is 0 Å². The molecule has 0 spiro atoms. The first-order chi connectivity index (χ1) is 5.36. The molecule has 0 aliphatic heterocycles. The molecule has 0 saturated heterocycles. The lowest BCUT2D eigenvalue weighted by Crippen LogP contribution is -2.18. The maximum atomic E-state index is 9.32. The summed E-state index contributed by atoms with van der Waals surface area (Å²) in [6.07, 6.45) is 0.528. The van der Waals surface area contributed by atoms with Gasteiger partial charge < -0.3 is 11.5 Å². The molecular formula is C3H6N4O5. The van der Waals surface area contributed by atoms with Crippen LogP contribution in [0.15, 0.2) is 12.4 Å². The van der Waals surface area contributed by atoms with Crippen LogP contribution in [0.5, 0.6) is 0 Å². The second-order valence-corrected chi connectivity index (χ2v) is 1.27. The molecule has 0 heterocycles. The van der Waals surface area contributed by atoms with E-state index in [0.29, 0.717) is 0 Å². The largest absolute Gasteiger partial charge is 0.352 e. The summed E-state index contributed by atoms with van der Waals surface area (Å²) < 4.78 is 0. The summed E-state index contributed by atoms with van der Waals surface area (Å²) in [5, 5.41) is 18.6. The Hall–Kier alpha value is -2.19. The predicted molar refractivity (Wildman–Crippen MR) is 36.9 cm³/mol. The number of urea groups is 1. The molecule has 9 heteroatoms. The second kappa shape index (κ2) is 6.92. The highest BCUT2D eigenvalue weighted by Gasteiger charge is 1.90. The minimum absolute atomic E-state index is 0.264. The molecule has 0 aromatic rings. The minimum atomic E-state index is -0.900. The fourth-order valence-corrected chi connectivity index (χ4v) is 0.109. The maximum absolute atomic E-state index is 9.32. The highest BCUT2D eigenvalue weighted by atomic mass is 16.6. The molecule has 0 aliphatic rings. The van der Waals surface area contributed by atoms with Crippen LogP contribution in [0, 0.1) is 20.2 Å². The van der Waals surface area contributed by atoms with Crippen molar-refractivity contribution in [1.29, 1.82) is 0 Å². The molecule has 4 N–H and O–H groups in total. The smallest absolute Gasteiger partial charge is 0.309 e. The second-order valence-electron chi connectivity index (χ2n) is 1.27. The van der Waals surface area contributed by atoms with Crippen molar-refractivity contribution in [3.63, 3.8) is 0 Å². The van der Waals surface area contributed by atoms with Gasteiger partial charge in [0, 0.05) is 0 Å². The third kappa shape index (κ3) is 45.9. The highest BCUT2D eigenvalue weighted by Crippen LogP contribution is 1.72. The Morgan fingerprint density at radius 1 is 1.08 bits per heavy atom. The van der Waals surface area contributed by atoms with Gasteiger partial charge in [-0.15, -0.1) is 0 Å². The Morgan fingerprint density at radius 2 is 1.25 bits per heavy atom. The Labute approximate surface area is 65.9 Å². The lowest BCUT2D eigenvalue weighted by molar-refractivity contribution is -0.441. The quantitative estimate of drug-likeness (QED) is 0.411. The van der Waals surface area contributed by atoms with Crippen molar-refractivity contribution in [3.8, 4) is 0 Å². The van der Waals surface area contributed by atoms with E-state index in [4.69, 9.17) is 4.79 Å². The van der Waals surface area contributed by atoms with Crippen LogP contribution < -0.4 is 11.5 Å². The van der Waals surface area contributed by atoms with Gasteiger partial charge in [-0.3, -0.25) is 20.2 Å². The fourth-order valence-electron chi connectivity index (χ4n) is 0.109. The van der Waals surface area contributed by atoms with Gasteiger partial charge in [0.25, 0.3) is 0 Å². The number of carbonyl (C=O) groups excluding carboxylic acids is 1. The number of nitro groups is 2. The molecular weight excluding hydrogens is 172 g/mol. The Morgan fingerprint density at radius 3 is 1.33 bits per heavy atom. The molecule has 0 unspecified atom stereocenters. The van der Waals surface area contributed by atoms with Crippen molar-refractivity contribution < 1.29 is 14.6 Å². The first-order valence-corrected chi connectivity index (χ1v) is 2.36. The van der Waals surface area contributed by atoms with Crippen LogP contribution in [0.4, 0.5) is 4.79 Å². The van der Waals surface area contributed by atoms with Crippen LogP contribution in [0.3, 0.4) is 0 Å². The Bertz CT molecular complexity index is 191. The number of carbonyl (C=O) groups is 1. The fraction of sp³-hybridized carbons (Fsp3) is 0. The molecule has 0 atom stereocenters. The summed E-state index contributed by atoms with van der Waals surface area (Å²) >= 11 is 0. The van der Waals surface area contributed by atoms with Crippen LogP contribution in [0.2, 0.25) is 0 Å². The van der Waals surface area contributed by atoms with Gasteiger partial charge >= 0.3 is 18.4 Å². The van der Waals surface area contributed by atoms with E-state index in [1.54, 1.807) is 0 Å². The molecule has 9 nitrogen and oxygen atoms in total. The monoisotopic (exact) mass is 178 g/mol. The third-order valence-electron chi connectivity index (χ3n) is 0.310. The molecule has 0 radical (unpaired) electrons. The number of amides is 2. The van der Waals surface area contributed by atoms with Crippen molar-refractivity contribution >= 4 is 6.03 Å². The number of nitrogens with zero attached hydrogens (tertiary/aromatic N) is 2. The molecule has 0 aliphatic carbocycles. The normalized spacial score (nSPS) is 8.33. The summed E-state index contributed by atoms with van der Waals surface area (Å²) in [7, 11) is 0. The third-order valence-corrected chi connectivity index (χ3v) is 0.310. The van der Waals surface area contributed by atoms with Crippen LogP contribution in [-0.2, 0) is 0 Å². The highest BCUT2D eigenvalue weighted by molar-refractivity contribution is 5.69. The predicted octanol–water partition coefficient (Wildman–Crippen LogP) is -0.965. The van der Waals surface area contributed by atoms with Gasteiger partial charge in [-0.2, -0.15) is 0 Å². The summed E-state index contributed by atoms with van der Waals surface area (Å²) in [6, 6.07) is -0.833. The number of hydrogen-bond acceptors (Lipinski definition) is 5. The van der Waals surface area contributed by atoms with Crippen LogP contribution in [0.25, 0.3) is 0 Å². The number of rotatable bonds is 2. The van der Waals surface area contributed by atoms with Crippen LogP contribution in [0.1, 0.15) is 0 Å². The number of primary amides is 2. The van der Waals surface area contributed by atoms with E-state index < -0.39 is 15.9 Å². The maximum Gasteiger partial charge on any atom is 0.309 e. The van der Waals surface area contributed by atoms with Crippen molar-refractivity contribution in [1.82, 2.24) is 0 Å². The molecule has 0 bridgehead atoms. The van der Waals surface area contributed by atoms with Crippen molar-refractivity contribution in [3.05, 3.63) is 32.6 Å². The first kappa shape index (κ1) is 12.5. The Kier molecular flexibility index (Phi) is 7.20. The standard InChI is InChI=1S/C2H2N2O4.CH4N2O/c5-3(6)1-2-4(7)8;2-1(3)4/h1-2H;(H4,2,3,4). The summed E-state index contributed by atoms with van der Waals surface area (Å²) in [5.74, 6) is 0. The van der Waals surface area contributed by atoms with Gasteiger partial charge in [-0.05, 0) is 0 Å². The van der Waals surface area contributed by atoms with E-state index in [2.05, 4.69) is 11.5 Å². The molecule has 68 valence electrons. The molecule has 0 aromatic heterocycles. The van der Waals surface area contributed by atoms with Crippen molar-refractivity contribution in [2.45, 2.75) is 0 Å². The summed E-state index contributed by atoms with van der Waals surface area (Å²) in [4.78, 5) is 25.8. The molecule has 2 amide bonds. The number of hydrogen-bond donors (Lipinski definition) is 2. The van der Waals surface area contributed by atoms with Gasteiger partial charge in [0.1, 0.15) is 0 Å². The SMILES string of the molecule is NC(N)=O.O=[N+]([O-])C=C[N+](=O)[O-]. The van der Waals surface area contributed by atoms with Gasteiger partial charge in [-0.1, -0.05) is 0 Å². The molecule has 12 heavy (non-hydrogen) atoms. The minimum Gasteiger partial charge on any atom is -0.352 e. The van der Waals surface area contributed by atoms with E-state index in [1.165, 1.54) is 0 Å². The number of nitrogens with two attached hydrogens (primary N) is 2. The lowest BCUT2D eigenvalue weighted by atomic mass is 10.9. The van der Waals surface area contributed by atoms with E-state index in [1.807, 2.05) is 0 Å². The average Bonchev–Trinajstić information content (AvgIpc) is 1.82. The summed E-state index contributed by atoms with van der Waals surface area (Å²) in [6.45, 7) is 0. The average molecular weight is 178 g/mol. The lowest BCUT2D eigenvalue weighted by Gasteiger charge is -1.72. The van der Waals surface area contributed by atoms with Crippen molar-refractivity contribution in [2.75, 3.05) is 0 Å². The topological polar surface area (TPSA) is 155 Å². The van der Waals surface area contributed by atoms with E-state index in [-0.39, 0.29) is 12.4 Å². The molecule has 0 rings (SSSR count). The van der Waals surface area contributed by atoms with E-state index in [9.17, 15) is 20.2 Å². The van der Waals surface area contributed by atoms with Gasteiger partial charge in [0.05, 0.1) is 9.85 Å². The molecule has 0 fully saturated rings. The zero-order valence-corrected chi connectivity index (χ0v) is 5.75. The zero-order valence-electron chi connectivity index (χ0n) is 5.75. The first-order valence-electron chi connectivity index (χ1n) is 2.36. The molecule has 0 aromatic carbocycles. The van der Waals surface area contributed by atoms with Gasteiger partial charge in [-0.25, -0.2) is 4.79 Å². The zero-order chi connectivity index (χ0) is 10.1. The van der Waals surface area contributed by atoms with Crippen LogP contribution >= 0.6 is 0 Å². The Balaban J connectivity index is 0. The van der Waals surface area contributed by atoms with Gasteiger partial charge in [0.2, 0.25) is 0 Å². The summed E-state index contributed by atoms with van der Waals surface area (Å²) in [5.41, 5.74) is 8.50. The molecule has 0 saturated carbocycles. The van der Waals surface area contributed by atoms with Gasteiger partial charge in [0.15, 0.2) is 0 Å². The van der Waals surface area contributed by atoms with Crippen molar-refractivity contribution in [2.24, 2.45) is 11.5 Å². The van der Waals surface area contributed by atoms with Crippen LogP contribution in [-0.4, -0.2) is 15.9 Å².